The topological polar surface area (TPSA) is 65.0 Å². The lowest BCUT2D eigenvalue weighted by Gasteiger charge is -2.10. The number of rotatable bonds is 5. The van der Waals surface area contributed by atoms with Crippen LogP contribution in [0.1, 0.15) is 0 Å². The highest BCUT2D eigenvalue weighted by molar-refractivity contribution is 6.11. The fourth-order valence-corrected chi connectivity index (χ4v) is 6.93. The van der Waals surface area contributed by atoms with Crippen LogP contribution in [-0.2, 0) is 0 Å². The monoisotopic (exact) mass is 641 g/mol. The molecule has 0 saturated heterocycles. The summed E-state index contributed by atoms with van der Waals surface area (Å²) in [6.45, 7) is 0. The Bertz CT molecular complexity index is 2870. The summed E-state index contributed by atoms with van der Waals surface area (Å²) in [6.07, 6.45) is 0. The second-order valence-corrected chi connectivity index (χ2v) is 12.4. The van der Waals surface area contributed by atoms with Crippen LogP contribution in [0.2, 0.25) is 0 Å². The molecule has 0 radical (unpaired) electrons. The predicted molar refractivity (Wildman–Crippen MR) is 202 cm³/mol. The number of para-hydroxylation sites is 3. The molecule has 3 aromatic heterocycles. The third kappa shape index (κ3) is 4.67. The van der Waals surface area contributed by atoms with Crippen LogP contribution in [0.4, 0.5) is 0 Å². The van der Waals surface area contributed by atoms with E-state index in [4.69, 9.17) is 23.8 Å². The van der Waals surface area contributed by atoms with Crippen LogP contribution in [0.5, 0.6) is 0 Å². The van der Waals surface area contributed by atoms with Gasteiger partial charge in [0.25, 0.3) is 0 Å². The number of furan rings is 2. The van der Waals surface area contributed by atoms with Crippen molar-refractivity contribution in [2.75, 3.05) is 0 Å². The van der Waals surface area contributed by atoms with E-state index in [1.807, 2.05) is 84.9 Å². The van der Waals surface area contributed by atoms with Crippen molar-refractivity contribution >= 4 is 43.9 Å². The van der Waals surface area contributed by atoms with Gasteiger partial charge in [0.2, 0.25) is 0 Å². The van der Waals surface area contributed by atoms with E-state index in [2.05, 4.69) is 78.9 Å². The van der Waals surface area contributed by atoms with Crippen molar-refractivity contribution in [3.63, 3.8) is 0 Å². The van der Waals surface area contributed by atoms with Gasteiger partial charge in [0.15, 0.2) is 17.5 Å². The van der Waals surface area contributed by atoms with Gasteiger partial charge in [-0.2, -0.15) is 0 Å². The normalized spacial score (nSPS) is 11.6. The van der Waals surface area contributed by atoms with E-state index in [0.29, 0.717) is 17.5 Å². The molecule has 0 bridgehead atoms. The summed E-state index contributed by atoms with van der Waals surface area (Å²) in [6, 6.07) is 55.7. The summed E-state index contributed by atoms with van der Waals surface area (Å²) < 4.78 is 13.0. The third-order valence-corrected chi connectivity index (χ3v) is 9.35. The molecule has 3 heterocycles. The summed E-state index contributed by atoms with van der Waals surface area (Å²) in [5.41, 5.74) is 10.1. The maximum atomic E-state index is 6.60. The van der Waals surface area contributed by atoms with Crippen LogP contribution in [0.3, 0.4) is 0 Å². The third-order valence-electron chi connectivity index (χ3n) is 9.35. The summed E-state index contributed by atoms with van der Waals surface area (Å²) in [5, 5.41) is 4.18. The minimum Gasteiger partial charge on any atom is -0.455 e. The van der Waals surface area contributed by atoms with Gasteiger partial charge in [0, 0.05) is 38.2 Å². The molecular formula is C45H27N3O2. The Labute approximate surface area is 287 Å². The lowest BCUT2D eigenvalue weighted by Crippen LogP contribution is -2.00. The molecular weight excluding hydrogens is 615 g/mol. The molecule has 234 valence electrons. The van der Waals surface area contributed by atoms with Crippen LogP contribution in [0, 0.1) is 0 Å². The highest BCUT2D eigenvalue weighted by Gasteiger charge is 2.19. The maximum absolute atomic E-state index is 6.60. The van der Waals surface area contributed by atoms with Gasteiger partial charge in [0.05, 0.1) is 5.56 Å². The summed E-state index contributed by atoms with van der Waals surface area (Å²) >= 11 is 0. The summed E-state index contributed by atoms with van der Waals surface area (Å²) in [4.78, 5) is 15.3. The van der Waals surface area contributed by atoms with Gasteiger partial charge < -0.3 is 8.83 Å². The Morgan fingerprint density at radius 3 is 1.60 bits per heavy atom. The van der Waals surface area contributed by atoms with Gasteiger partial charge >= 0.3 is 0 Å². The first kappa shape index (κ1) is 28.2. The minimum atomic E-state index is 0.538. The summed E-state index contributed by atoms with van der Waals surface area (Å²) in [5.74, 6) is 1.66. The Balaban J connectivity index is 1.18. The van der Waals surface area contributed by atoms with E-state index in [0.717, 1.165) is 82.8 Å². The van der Waals surface area contributed by atoms with Crippen molar-refractivity contribution in [3.05, 3.63) is 164 Å². The number of benzene rings is 7. The molecule has 0 amide bonds. The van der Waals surface area contributed by atoms with Crippen molar-refractivity contribution in [2.24, 2.45) is 0 Å². The van der Waals surface area contributed by atoms with Crippen LogP contribution in [0.15, 0.2) is 173 Å². The van der Waals surface area contributed by atoms with E-state index in [1.54, 1.807) is 0 Å². The highest BCUT2D eigenvalue weighted by atomic mass is 16.3. The van der Waals surface area contributed by atoms with Crippen molar-refractivity contribution in [3.8, 4) is 56.4 Å². The lowest BCUT2D eigenvalue weighted by atomic mass is 10.0. The number of hydrogen-bond donors (Lipinski definition) is 0. The van der Waals surface area contributed by atoms with Crippen molar-refractivity contribution in [1.82, 2.24) is 15.0 Å². The Hall–Kier alpha value is -6.85. The fraction of sp³-hybridized carbons (Fsp3) is 0. The SMILES string of the molecule is c1ccc(-c2cccc(-c3nc(-c4ccc5c(c4)oc4c(-c6ccccc6)cccc45)nc(-c4cccc5c4oc4ccccc45)n3)c2)cc1. The van der Waals surface area contributed by atoms with Gasteiger partial charge in [-0.15, -0.1) is 0 Å². The van der Waals surface area contributed by atoms with Crippen molar-refractivity contribution in [2.45, 2.75) is 0 Å². The lowest BCUT2D eigenvalue weighted by molar-refractivity contribution is 0.669. The van der Waals surface area contributed by atoms with Gasteiger partial charge in [-0.25, -0.2) is 15.0 Å². The Morgan fingerprint density at radius 2 is 0.820 bits per heavy atom. The second kappa shape index (κ2) is 11.4. The van der Waals surface area contributed by atoms with Gasteiger partial charge in [-0.1, -0.05) is 133 Å². The molecule has 0 saturated carbocycles. The molecule has 10 rings (SSSR count). The molecule has 0 fully saturated rings. The van der Waals surface area contributed by atoms with Crippen molar-refractivity contribution < 1.29 is 8.83 Å². The average molecular weight is 642 g/mol. The van der Waals surface area contributed by atoms with Gasteiger partial charge in [0.1, 0.15) is 22.3 Å². The first-order chi connectivity index (χ1) is 24.8. The molecule has 0 aliphatic rings. The van der Waals surface area contributed by atoms with Crippen molar-refractivity contribution in [1.29, 1.82) is 0 Å². The zero-order valence-corrected chi connectivity index (χ0v) is 26.7. The molecule has 0 N–H and O–H groups in total. The molecule has 0 aliphatic heterocycles. The van der Waals surface area contributed by atoms with E-state index >= 15 is 0 Å². The number of nitrogens with zero attached hydrogens (tertiary/aromatic N) is 3. The standard InChI is InChI=1S/C45H27N3O2/c1-3-12-28(13-4-1)30-16-9-17-31(26-30)43-46-44(48-45(47-43)38-22-11-21-36-34-18-7-8-23-39(34)49-42(36)38)32-24-25-35-37-20-10-19-33(29-14-5-2-6-15-29)41(37)50-40(35)27-32/h1-27H. The number of aromatic nitrogens is 3. The molecule has 10 aromatic rings. The van der Waals surface area contributed by atoms with Gasteiger partial charge in [-0.05, 0) is 47.0 Å². The Morgan fingerprint density at radius 1 is 0.300 bits per heavy atom. The molecule has 0 unspecified atom stereocenters. The average Bonchev–Trinajstić information content (AvgIpc) is 3.77. The minimum absolute atomic E-state index is 0.538. The van der Waals surface area contributed by atoms with Crippen LogP contribution >= 0.6 is 0 Å². The smallest absolute Gasteiger partial charge is 0.167 e. The zero-order valence-electron chi connectivity index (χ0n) is 26.7. The van der Waals surface area contributed by atoms with E-state index in [1.165, 1.54) is 0 Å². The molecule has 7 aromatic carbocycles. The van der Waals surface area contributed by atoms with Crippen LogP contribution < -0.4 is 0 Å². The van der Waals surface area contributed by atoms with E-state index in [-0.39, 0.29) is 0 Å². The maximum Gasteiger partial charge on any atom is 0.167 e. The molecule has 0 aliphatic carbocycles. The quantitative estimate of drug-likeness (QED) is 0.187. The Kier molecular flexibility index (Phi) is 6.42. The van der Waals surface area contributed by atoms with Crippen LogP contribution in [-0.4, -0.2) is 15.0 Å². The van der Waals surface area contributed by atoms with E-state index < -0.39 is 0 Å². The molecule has 5 heteroatoms. The largest absolute Gasteiger partial charge is 0.455 e. The second-order valence-electron chi connectivity index (χ2n) is 12.4. The van der Waals surface area contributed by atoms with Gasteiger partial charge in [-0.3, -0.25) is 0 Å². The molecule has 0 spiro atoms. The molecule has 0 atom stereocenters. The highest BCUT2D eigenvalue weighted by Crippen LogP contribution is 2.39. The first-order valence-electron chi connectivity index (χ1n) is 16.6. The van der Waals surface area contributed by atoms with E-state index in [9.17, 15) is 0 Å². The predicted octanol–water partition coefficient (Wildman–Crippen LogP) is 12.0. The molecule has 50 heavy (non-hydrogen) atoms. The molecule has 5 nitrogen and oxygen atoms in total. The van der Waals surface area contributed by atoms with Crippen LogP contribution in [0.25, 0.3) is 100 Å². The summed E-state index contributed by atoms with van der Waals surface area (Å²) in [7, 11) is 0. The fourth-order valence-electron chi connectivity index (χ4n) is 6.93. The number of hydrogen-bond acceptors (Lipinski definition) is 5. The zero-order chi connectivity index (χ0) is 33.0. The number of fused-ring (bicyclic) bond motifs is 6. The first-order valence-corrected chi connectivity index (χ1v) is 16.6.